The van der Waals surface area contributed by atoms with Crippen LogP contribution in [0.3, 0.4) is 0 Å². The van der Waals surface area contributed by atoms with Crippen molar-refractivity contribution >= 4 is 22.6 Å². The second kappa shape index (κ2) is 4.19. The molecule has 56 valence electrons. The van der Waals surface area contributed by atoms with Crippen LogP contribution in [0.2, 0.25) is 0 Å². The van der Waals surface area contributed by atoms with Crippen LogP contribution in [0.15, 0.2) is 24.3 Å². The Labute approximate surface area is 78.9 Å². The van der Waals surface area contributed by atoms with E-state index in [0.29, 0.717) is 0 Å². The van der Waals surface area contributed by atoms with Crippen molar-refractivity contribution in [2.45, 2.75) is 0 Å². The van der Waals surface area contributed by atoms with E-state index in [9.17, 15) is 0 Å². The Morgan fingerprint density at radius 1 is 1.36 bits per heavy atom. The minimum atomic E-state index is 0.112. The van der Waals surface area contributed by atoms with E-state index in [1.54, 1.807) is 0 Å². The fourth-order valence-electron chi connectivity index (χ4n) is 0.646. The molecule has 3 heteroatoms. The number of hydrogen-bond donors (Lipinski definition) is 0. The number of ether oxygens (including phenoxy) is 1. The second-order valence-electron chi connectivity index (χ2n) is 1.90. The lowest BCUT2D eigenvalue weighted by atomic mass is 10.3. The summed E-state index contributed by atoms with van der Waals surface area (Å²) in [5.41, 5.74) is 0. The Morgan fingerprint density at radius 2 is 2.00 bits per heavy atom. The molecular weight excluding hydrogens is 253 g/mol. The molecule has 2 nitrogen and oxygen atoms in total. The van der Waals surface area contributed by atoms with E-state index in [-0.39, 0.29) is 6.61 Å². The predicted molar refractivity (Wildman–Crippen MR) is 50.3 cm³/mol. The summed E-state index contributed by atoms with van der Waals surface area (Å²) < 4.78 is 6.20. The summed E-state index contributed by atoms with van der Waals surface area (Å²) in [7, 11) is 0. The van der Waals surface area contributed by atoms with Crippen LogP contribution in [0.4, 0.5) is 0 Å². The van der Waals surface area contributed by atoms with Crippen LogP contribution in [0.5, 0.6) is 5.75 Å². The van der Waals surface area contributed by atoms with Crippen LogP contribution in [0.25, 0.3) is 0 Å². The molecule has 0 saturated heterocycles. The number of halogens is 1. The van der Waals surface area contributed by atoms with Crippen molar-refractivity contribution in [1.82, 2.24) is 0 Å². The molecule has 0 aromatic heterocycles. The molecule has 0 radical (unpaired) electrons. The van der Waals surface area contributed by atoms with Gasteiger partial charge in [-0.1, -0.05) is 0 Å². The Kier molecular flexibility index (Phi) is 3.17. The summed E-state index contributed by atoms with van der Waals surface area (Å²) >= 11 is 2.21. The van der Waals surface area contributed by atoms with E-state index < -0.39 is 0 Å². The zero-order valence-electron chi connectivity index (χ0n) is 5.75. The minimum Gasteiger partial charge on any atom is -0.479 e. The van der Waals surface area contributed by atoms with Crippen LogP contribution in [0.1, 0.15) is 0 Å². The van der Waals surface area contributed by atoms with E-state index in [0.717, 1.165) is 9.32 Å². The molecule has 0 amide bonds. The first-order valence-electron chi connectivity index (χ1n) is 3.08. The number of nitriles is 1. The molecule has 0 atom stereocenters. The van der Waals surface area contributed by atoms with Gasteiger partial charge in [-0.15, -0.1) is 0 Å². The fourth-order valence-corrected chi connectivity index (χ4v) is 1.01. The Bertz CT molecular complexity index is 262. The molecule has 0 saturated carbocycles. The maximum Gasteiger partial charge on any atom is 0.174 e. The van der Waals surface area contributed by atoms with Crippen molar-refractivity contribution in [3.63, 3.8) is 0 Å². The first kappa shape index (κ1) is 8.34. The van der Waals surface area contributed by atoms with Crippen LogP contribution < -0.4 is 4.74 Å². The fraction of sp³-hybridized carbons (Fsp3) is 0.125. The third-order valence-electron chi connectivity index (χ3n) is 1.12. The summed E-state index contributed by atoms with van der Waals surface area (Å²) in [6, 6.07) is 9.47. The van der Waals surface area contributed by atoms with Gasteiger partial charge < -0.3 is 4.74 Å². The quantitative estimate of drug-likeness (QED) is 0.762. The number of rotatable bonds is 2. The SMILES string of the molecule is N#CCOc1ccc(I)cc1. The van der Waals surface area contributed by atoms with Crippen molar-refractivity contribution < 1.29 is 4.74 Å². The molecule has 0 heterocycles. The lowest BCUT2D eigenvalue weighted by Crippen LogP contribution is -1.92. The highest BCUT2D eigenvalue weighted by Crippen LogP contribution is 2.12. The zero-order valence-corrected chi connectivity index (χ0v) is 7.91. The smallest absolute Gasteiger partial charge is 0.174 e. The van der Waals surface area contributed by atoms with Gasteiger partial charge in [0.25, 0.3) is 0 Å². The molecule has 0 fully saturated rings. The summed E-state index contributed by atoms with van der Waals surface area (Å²) in [5, 5.41) is 8.21. The van der Waals surface area contributed by atoms with Gasteiger partial charge >= 0.3 is 0 Å². The Morgan fingerprint density at radius 3 is 2.55 bits per heavy atom. The second-order valence-corrected chi connectivity index (χ2v) is 3.15. The minimum absolute atomic E-state index is 0.112. The molecule has 1 aromatic carbocycles. The van der Waals surface area contributed by atoms with Gasteiger partial charge in [-0.25, -0.2) is 0 Å². The topological polar surface area (TPSA) is 33.0 Å². The van der Waals surface area contributed by atoms with Gasteiger partial charge in [0.1, 0.15) is 11.8 Å². The first-order chi connectivity index (χ1) is 5.33. The molecular formula is C8H6INO. The number of nitrogens with zero attached hydrogens (tertiary/aromatic N) is 1. The van der Waals surface area contributed by atoms with E-state index in [1.807, 2.05) is 30.3 Å². The van der Waals surface area contributed by atoms with Gasteiger partial charge in [0.15, 0.2) is 6.61 Å². The number of hydrogen-bond acceptors (Lipinski definition) is 2. The maximum absolute atomic E-state index is 8.21. The number of benzene rings is 1. The van der Waals surface area contributed by atoms with Crippen LogP contribution in [0, 0.1) is 14.9 Å². The van der Waals surface area contributed by atoms with E-state index in [1.165, 1.54) is 0 Å². The average Bonchev–Trinajstić information content (AvgIpc) is 2.04. The molecule has 0 unspecified atom stereocenters. The lowest BCUT2D eigenvalue weighted by molar-refractivity contribution is 0.368. The van der Waals surface area contributed by atoms with Crippen molar-refractivity contribution in [3.8, 4) is 11.8 Å². The standard InChI is InChI=1S/C8H6INO/c9-7-1-3-8(4-2-7)11-6-5-10/h1-4H,6H2. The van der Waals surface area contributed by atoms with Crippen LogP contribution in [-0.2, 0) is 0 Å². The average molecular weight is 259 g/mol. The molecule has 0 N–H and O–H groups in total. The van der Waals surface area contributed by atoms with E-state index in [2.05, 4.69) is 22.6 Å². The third kappa shape index (κ3) is 2.76. The van der Waals surface area contributed by atoms with Crippen molar-refractivity contribution in [3.05, 3.63) is 27.8 Å². The Balaban J connectivity index is 2.60. The lowest BCUT2D eigenvalue weighted by Gasteiger charge is -1.99. The summed E-state index contributed by atoms with van der Waals surface area (Å²) in [5.74, 6) is 0.743. The van der Waals surface area contributed by atoms with E-state index in [4.69, 9.17) is 10.00 Å². The van der Waals surface area contributed by atoms with Crippen molar-refractivity contribution in [2.75, 3.05) is 6.61 Å². The molecule has 0 aliphatic rings. The van der Waals surface area contributed by atoms with Crippen LogP contribution >= 0.6 is 22.6 Å². The zero-order chi connectivity index (χ0) is 8.10. The molecule has 1 rings (SSSR count). The maximum atomic E-state index is 8.21. The molecule has 0 aliphatic carbocycles. The summed E-state index contributed by atoms with van der Waals surface area (Å²) in [4.78, 5) is 0. The largest absolute Gasteiger partial charge is 0.479 e. The third-order valence-corrected chi connectivity index (χ3v) is 1.84. The molecule has 11 heavy (non-hydrogen) atoms. The highest BCUT2D eigenvalue weighted by atomic mass is 127. The normalized spacial score (nSPS) is 8.73. The Hall–Kier alpha value is -0.760. The van der Waals surface area contributed by atoms with Gasteiger partial charge in [-0.3, -0.25) is 0 Å². The highest BCUT2D eigenvalue weighted by molar-refractivity contribution is 14.1. The van der Waals surface area contributed by atoms with Gasteiger partial charge in [0.2, 0.25) is 0 Å². The van der Waals surface area contributed by atoms with Crippen LogP contribution in [-0.4, -0.2) is 6.61 Å². The van der Waals surface area contributed by atoms with Crippen molar-refractivity contribution in [1.29, 1.82) is 5.26 Å². The van der Waals surface area contributed by atoms with Crippen molar-refractivity contribution in [2.24, 2.45) is 0 Å². The van der Waals surface area contributed by atoms with Gasteiger partial charge in [0, 0.05) is 3.57 Å². The monoisotopic (exact) mass is 259 g/mol. The first-order valence-corrected chi connectivity index (χ1v) is 4.16. The molecule has 1 aromatic rings. The van der Waals surface area contributed by atoms with E-state index >= 15 is 0 Å². The van der Waals surface area contributed by atoms with Gasteiger partial charge in [-0.05, 0) is 46.9 Å². The molecule has 0 bridgehead atoms. The van der Waals surface area contributed by atoms with Gasteiger partial charge in [-0.2, -0.15) is 5.26 Å². The predicted octanol–water partition coefficient (Wildman–Crippen LogP) is 2.19. The summed E-state index contributed by atoms with van der Waals surface area (Å²) in [6.45, 7) is 0.112. The summed E-state index contributed by atoms with van der Waals surface area (Å²) in [6.07, 6.45) is 0. The van der Waals surface area contributed by atoms with Gasteiger partial charge in [0.05, 0.1) is 0 Å². The molecule has 0 aliphatic heterocycles. The molecule has 0 spiro atoms. The highest BCUT2D eigenvalue weighted by Gasteiger charge is 1.90.